The molecule has 2 fully saturated rings. The highest BCUT2D eigenvalue weighted by Crippen LogP contribution is 2.37. The summed E-state index contributed by atoms with van der Waals surface area (Å²) in [5.41, 5.74) is 1.68. The zero-order valence-electron chi connectivity index (χ0n) is 18.6. The van der Waals surface area contributed by atoms with Gasteiger partial charge in [-0.3, -0.25) is 9.59 Å². The van der Waals surface area contributed by atoms with Gasteiger partial charge in [0.1, 0.15) is 5.75 Å². The van der Waals surface area contributed by atoms with Crippen LogP contribution in [0.25, 0.3) is 0 Å². The van der Waals surface area contributed by atoms with Crippen LogP contribution >= 0.6 is 11.6 Å². The van der Waals surface area contributed by atoms with Gasteiger partial charge >= 0.3 is 0 Å². The molecule has 0 spiro atoms. The highest BCUT2D eigenvalue weighted by Gasteiger charge is 2.34. The fourth-order valence-corrected chi connectivity index (χ4v) is 4.99. The standard InChI is InChI=1S/C26H31ClN2O3/c1-2-15-32-24-16-22(28-25(30)19-7-9-21(27)10-8-19)11-12-23(24)26(31)29-14-13-18-5-3-4-6-20(18)17-29/h7-12,16,18,20H,2-6,13-15,17H2,1H3,(H,28,30). The molecule has 2 aromatic carbocycles. The second-order valence-corrected chi connectivity index (χ2v) is 9.30. The Morgan fingerprint density at radius 2 is 1.81 bits per heavy atom. The molecule has 1 N–H and O–H groups in total. The molecule has 2 atom stereocenters. The molecule has 1 heterocycles. The quantitative estimate of drug-likeness (QED) is 0.579. The number of hydrogen-bond acceptors (Lipinski definition) is 3. The van der Waals surface area contributed by atoms with Crippen LogP contribution < -0.4 is 10.1 Å². The molecule has 170 valence electrons. The number of fused-ring (bicyclic) bond motifs is 1. The third-order valence-corrected chi connectivity index (χ3v) is 6.87. The van der Waals surface area contributed by atoms with Crippen LogP contribution in [-0.2, 0) is 0 Å². The smallest absolute Gasteiger partial charge is 0.257 e. The van der Waals surface area contributed by atoms with E-state index in [1.807, 2.05) is 11.8 Å². The number of piperidine rings is 1. The summed E-state index contributed by atoms with van der Waals surface area (Å²) in [5, 5.41) is 3.47. The van der Waals surface area contributed by atoms with Crippen molar-refractivity contribution in [3.05, 3.63) is 58.6 Å². The molecule has 6 heteroatoms. The SMILES string of the molecule is CCCOc1cc(NC(=O)c2ccc(Cl)cc2)ccc1C(=O)N1CCC2CCCCC2C1. The van der Waals surface area contributed by atoms with Crippen molar-refractivity contribution < 1.29 is 14.3 Å². The molecule has 2 aromatic rings. The zero-order chi connectivity index (χ0) is 22.5. The Hall–Kier alpha value is -2.53. The Kier molecular flexibility index (Phi) is 7.36. The van der Waals surface area contributed by atoms with Crippen molar-refractivity contribution >= 4 is 29.1 Å². The number of ether oxygens (including phenoxy) is 1. The monoisotopic (exact) mass is 454 g/mol. The lowest BCUT2D eigenvalue weighted by molar-refractivity contribution is 0.0517. The van der Waals surface area contributed by atoms with Crippen LogP contribution in [0.2, 0.25) is 5.02 Å². The Morgan fingerprint density at radius 1 is 1.06 bits per heavy atom. The van der Waals surface area contributed by atoms with Crippen molar-refractivity contribution in [1.29, 1.82) is 0 Å². The lowest BCUT2D eigenvalue weighted by Gasteiger charge is -2.41. The Labute approximate surface area is 195 Å². The number of likely N-dealkylation sites (tertiary alicyclic amines) is 1. The fraction of sp³-hybridized carbons (Fsp3) is 0.462. The number of benzene rings is 2. The van der Waals surface area contributed by atoms with Gasteiger partial charge in [-0.25, -0.2) is 0 Å². The van der Waals surface area contributed by atoms with E-state index in [0.29, 0.717) is 40.1 Å². The Bertz CT molecular complexity index is 960. The molecule has 2 unspecified atom stereocenters. The number of amides is 2. The first kappa shape index (κ1) is 22.7. The highest BCUT2D eigenvalue weighted by atomic mass is 35.5. The van der Waals surface area contributed by atoms with E-state index in [9.17, 15) is 9.59 Å². The van der Waals surface area contributed by atoms with Crippen LogP contribution in [0.3, 0.4) is 0 Å². The van der Waals surface area contributed by atoms with E-state index < -0.39 is 0 Å². The van der Waals surface area contributed by atoms with E-state index in [1.54, 1.807) is 42.5 Å². The summed E-state index contributed by atoms with van der Waals surface area (Å²) < 4.78 is 5.93. The fourth-order valence-electron chi connectivity index (χ4n) is 4.87. The number of carbonyl (C=O) groups excluding carboxylic acids is 2. The van der Waals surface area contributed by atoms with E-state index >= 15 is 0 Å². The van der Waals surface area contributed by atoms with Crippen LogP contribution in [0.15, 0.2) is 42.5 Å². The van der Waals surface area contributed by atoms with Crippen LogP contribution in [0.5, 0.6) is 5.75 Å². The highest BCUT2D eigenvalue weighted by molar-refractivity contribution is 6.30. The molecular weight excluding hydrogens is 424 g/mol. The van der Waals surface area contributed by atoms with Gasteiger partial charge in [-0.1, -0.05) is 37.8 Å². The predicted octanol–water partition coefficient (Wildman–Crippen LogP) is 6.03. The predicted molar refractivity (Wildman–Crippen MR) is 128 cm³/mol. The maximum atomic E-state index is 13.4. The van der Waals surface area contributed by atoms with E-state index in [2.05, 4.69) is 5.32 Å². The van der Waals surface area contributed by atoms with Gasteiger partial charge in [0, 0.05) is 35.4 Å². The molecule has 5 nitrogen and oxygen atoms in total. The van der Waals surface area contributed by atoms with Crippen molar-refractivity contribution in [1.82, 2.24) is 4.90 Å². The maximum Gasteiger partial charge on any atom is 0.257 e. The number of rotatable bonds is 6. The average Bonchev–Trinajstić information content (AvgIpc) is 2.82. The van der Waals surface area contributed by atoms with Gasteiger partial charge in [-0.2, -0.15) is 0 Å². The average molecular weight is 455 g/mol. The molecule has 0 radical (unpaired) electrons. The zero-order valence-corrected chi connectivity index (χ0v) is 19.4. The molecule has 2 amide bonds. The number of hydrogen-bond donors (Lipinski definition) is 1. The van der Waals surface area contributed by atoms with Crippen molar-refractivity contribution in [2.24, 2.45) is 11.8 Å². The number of nitrogens with one attached hydrogen (secondary N) is 1. The molecule has 32 heavy (non-hydrogen) atoms. The molecule has 1 saturated heterocycles. The number of halogens is 1. The number of carbonyl (C=O) groups is 2. The van der Waals surface area contributed by atoms with Crippen LogP contribution in [-0.4, -0.2) is 36.4 Å². The minimum atomic E-state index is -0.235. The van der Waals surface area contributed by atoms with E-state index in [-0.39, 0.29) is 11.8 Å². The number of nitrogens with zero attached hydrogens (tertiary/aromatic N) is 1. The summed E-state index contributed by atoms with van der Waals surface area (Å²) in [7, 11) is 0. The van der Waals surface area contributed by atoms with Gasteiger partial charge in [0.25, 0.3) is 11.8 Å². The first-order chi connectivity index (χ1) is 15.5. The normalized spacial score (nSPS) is 20.4. The Morgan fingerprint density at radius 3 is 2.56 bits per heavy atom. The molecule has 4 rings (SSSR count). The van der Waals surface area contributed by atoms with E-state index in [0.717, 1.165) is 31.8 Å². The van der Waals surface area contributed by atoms with Crippen LogP contribution in [0.1, 0.15) is 66.2 Å². The largest absolute Gasteiger partial charge is 0.493 e. The van der Waals surface area contributed by atoms with E-state index in [1.165, 1.54) is 25.7 Å². The minimum Gasteiger partial charge on any atom is -0.493 e. The van der Waals surface area contributed by atoms with Crippen LogP contribution in [0, 0.1) is 11.8 Å². The summed E-state index contributed by atoms with van der Waals surface area (Å²) in [6, 6.07) is 12.0. The van der Waals surface area contributed by atoms with Crippen molar-refractivity contribution in [2.45, 2.75) is 45.4 Å². The molecule has 0 aromatic heterocycles. The first-order valence-electron chi connectivity index (χ1n) is 11.7. The molecule has 0 bridgehead atoms. The molecular formula is C26H31ClN2O3. The summed E-state index contributed by atoms with van der Waals surface area (Å²) in [5.74, 6) is 1.71. The maximum absolute atomic E-state index is 13.4. The van der Waals surface area contributed by atoms with E-state index in [4.69, 9.17) is 16.3 Å². The third kappa shape index (κ3) is 5.26. The molecule has 1 aliphatic heterocycles. The summed E-state index contributed by atoms with van der Waals surface area (Å²) >= 11 is 5.91. The van der Waals surface area contributed by atoms with Crippen molar-refractivity contribution in [3.63, 3.8) is 0 Å². The summed E-state index contributed by atoms with van der Waals surface area (Å²) in [6.07, 6.45) is 7.06. The van der Waals surface area contributed by atoms with Crippen LogP contribution in [0.4, 0.5) is 5.69 Å². The van der Waals surface area contributed by atoms with Gasteiger partial charge in [0.05, 0.1) is 12.2 Å². The number of anilines is 1. The second kappa shape index (κ2) is 10.4. The molecule has 1 saturated carbocycles. The van der Waals surface area contributed by atoms with Gasteiger partial charge in [-0.15, -0.1) is 0 Å². The lowest BCUT2D eigenvalue weighted by atomic mass is 9.75. The Balaban J connectivity index is 1.50. The molecule has 1 aliphatic carbocycles. The summed E-state index contributed by atoms with van der Waals surface area (Å²) in [4.78, 5) is 28.0. The van der Waals surface area contributed by atoms with Crippen molar-refractivity contribution in [3.8, 4) is 5.75 Å². The third-order valence-electron chi connectivity index (χ3n) is 6.62. The van der Waals surface area contributed by atoms with Gasteiger partial charge in [0.15, 0.2) is 0 Å². The minimum absolute atomic E-state index is 0.0238. The molecule has 2 aliphatic rings. The van der Waals surface area contributed by atoms with Gasteiger partial charge in [0.2, 0.25) is 0 Å². The summed E-state index contributed by atoms with van der Waals surface area (Å²) in [6.45, 7) is 4.19. The van der Waals surface area contributed by atoms with Gasteiger partial charge in [-0.05, 0) is 67.5 Å². The lowest BCUT2D eigenvalue weighted by Crippen LogP contribution is -2.44. The topological polar surface area (TPSA) is 58.6 Å². The second-order valence-electron chi connectivity index (χ2n) is 8.86. The van der Waals surface area contributed by atoms with Crippen molar-refractivity contribution in [2.75, 3.05) is 25.0 Å². The first-order valence-corrected chi connectivity index (χ1v) is 12.1. The van der Waals surface area contributed by atoms with Gasteiger partial charge < -0.3 is 15.0 Å².